The highest BCUT2D eigenvalue weighted by Crippen LogP contribution is 2.17. The molecule has 1 atom stereocenters. The maximum Gasteiger partial charge on any atom is 0.166 e. The van der Waals surface area contributed by atoms with Crippen LogP contribution < -0.4 is 10.6 Å². The molecule has 0 saturated heterocycles. The summed E-state index contributed by atoms with van der Waals surface area (Å²) in [5.74, 6) is 0.568. The maximum absolute atomic E-state index is 5.10. The van der Waals surface area contributed by atoms with Crippen LogP contribution in [0.25, 0.3) is 0 Å². The van der Waals surface area contributed by atoms with Gasteiger partial charge in [-0.3, -0.25) is 0 Å². The highest BCUT2D eigenvalue weighted by atomic mass is 32.1. The summed E-state index contributed by atoms with van der Waals surface area (Å²) in [6.07, 6.45) is 1.09. The zero-order valence-electron chi connectivity index (χ0n) is 9.99. The molecule has 0 aliphatic carbocycles. The van der Waals surface area contributed by atoms with Gasteiger partial charge in [-0.25, -0.2) is 0 Å². The number of thiocarbonyl (C=S) groups is 1. The van der Waals surface area contributed by atoms with Gasteiger partial charge >= 0.3 is 0 Å². The molecule has 0 spiro atoms. The second-order valence-electron chi connectivity index (χ2n) is 3.89. The lowest BCUT2D eigenvalue weighted by atomic mass is 9.98. The van der Waals surface area contributed by atoms with E-state index in [1.807, 2.05) is 6.92 Å². The molecular weight excluding hydrogens is 216 g/mol. The van der Waals surface area contributed by atoms with Crippen molar-refractivity contribution in [2.24, 2.45) is 0 Å². The molecule has 0 aliphatic heterocycles. The molecule has 1 aromatic rings. The quantitative estimate of drug-likeness (QED) is 0.769. The highest BCUT2D eigenvalue weighted by molar-refractivity contribution is 7.80. The lowest BCUT2D eigenvalue weighted by Gasteiger charge is -2.13. The van der Waals surface area contributed by atoms with Crippen LogP contribution in [0.1, 0.15) is 31.7 Å². The van der Waals surface area contributed by atoms with E-state index in [9.17, 15) is 0 Å². The molecule has 0 fully saturated rings. The van der Waals surface area contributed by atoms with Crippen molar-refractivity contribution in [3.05, 3.63) is 35.9 Å². The fourth-order valence-corrected chi connectivity index (χ4v) is 1.82. The smallest absolute Gasteiger partial charge is 0.166 e. The second kappa shape index (κ2) is 7.23. The third kappa shape index (κ3) is 4.62. The van der Waals surface area contributed by atoms with Crippen molar-refractivity contribution in [3.8, 4) is 0 Å². The predicted octanol–water partition coefficient (Wildman–Crippen LogP) is 2.66. The molecule has 2 N–H and O–H groups in total. The van der Waals surface area contributed by atoms with Gasteiger partial charge in [-0.15, -0.1) is 0 Å². The first-order chi connectivity index (χ1) is 7.74. The monoisotopic (exact) mass is 236 g/mol. The third-order valence-electron chi connectivity index (χ3n) is 2.57. The molecule has 0 heterocycles. The molecule has 0 bridgehead atoms. The first-order valence-corrected chi connectivity index (χ1v) is 6.21. The molecule has 0 amide bonds. The van der Waals surface area contributed by atoms with Crippen LogP contribution in [0, 0.1) is 0 Å². The molecule has 1 aromatic carbocycles. The Kier molecular flexibility index (Phi) is 5.86. The van der Waals surface area contributed by atoms with Crippen molar-refractivity contribution < 1.29 is 0 Å². The number of nitrogens with one attached hydrogen (secondary N) is 2. The normalized spacial score (nSPS) is 11.9. The molecule has 0 aromatic heterocycles. The zero-order chi connectivity index (χ0) is 11.8. The minimum atomic E-state index is 0.568. The summed E-state index contributed by atoms with van der Waals surface area (Å²) in [6, 6.07) is 10.6. The summed E-state index contributed by atoms with van der Waals surface area (Å²) in [5.41, 5.74) is 1.39. The van der Waals surface area contributed by atoms with Crippen LogP contribution in [0.15, 0.2) is 30.3 Å². The van der Waals surface area contributed by atoms with E-state index in [1.165, 1.54) is 5.56 Å². The van der Waals surface area contributed by atoms with Gasteiger partial charge in [0.25, 0.3) is 0 Å². The van der Waals surface area contributed by atoms with Gasteiger partial charge in [0.15, 0.2) is 5.11 Å². The van der Waals surface area contributed by atoms with E-state index in [2.05, 4.69) is 47.9 Å². The van der Waals surface area contributed by atoms with E-state index >= 15 is 0 Å². The van der Waals surface area contributed by atoms with Crippen molar-refractivity contribution in [3.63, 3.8) is 0 Å². The van der Waals surface area contributed by atoms with Gasteiger partial charge in [-0.1, -0.05) is 37.3 Å². The van der Waals surface area contributed by atoms with E-state index in [0.29, 0.717) is 5.92 Å². The molecule has 88 valence electrons. The summed E-state index contributed by atoms with van der Waals surface area (Å²) in [5, 5.41) is 7.04. The van der Waals surface area contributed by atoms with Crippen molar-refractivity contribution in [1.82, 2.24) is 10.6 Å². The first kappa shape index (κ1) is 13.0. The molecule has 2 nitrogen and oxygen atoms in total. The van der Waals surface area contributed by atoms with Gasteiger partial charge in [-0.05, 0) is 37.0 Å². The van der Waals surface area contributed by atoms with Crippen LogP contribution in [0.4, 0.5) is 0 Å². The summed E-state index contributed by atoms with van der Waals surface area (Å²) in [4.78, 5) is 0. The van der Waals surface area contributed by atoms with Crippen LogP contribution in [-0.4, -0.2) is 18.2 Å². The van der Waals surface area contributed by atoms with Gasteiger partial charge in [0, 0.05) is 13.1 Å². The van der Waals surface area contributed by atoms with Crippen LogP contribution in [-0.2, 0) is 0 Å². The molecule has 16 heavy (non-hydrogen) atoms. The van der Waals surface area contributed by atoms with E-state index in [-0.39, 0.29) is 0 Å². The molecule has 1 unspecified atom stereocenters. The zero-order valence-corrected chi connectivity index (χ0v) is 10.8. The van der Waals surface area contributed by atoms with Crippen LogP contribution >= 0.6 is 12.2 Å². The SMILES string of the molecule is CCNC(=S)NCCC(C)c1ccccc1. The Balaban J connectivity index is 2.26. The number of hydrogen-bond donors (Lipinski definition) is 2. The fraction of sp³-hybridized carbons (Fsp3) is 0.462. The number of rotatable bonds is 5. The third-order valence-corrected chi connectivity index (χ3v) is 2.86. The Morgan fingerprint density at radius 3 is 2.56 bits per heavy atom. The van der Waals surface area contributed by atoms with E-state index in [4.69, 9.17) is 12.2 Å². The summed E-state index contributed by atoms with van der Waals surface area (Å²) in [6.45, 7) is 6.08. The average Bonchev–Trinajstić information content (AvgIpc) is 2.30. The van der Waals surface area contributed by atoms with Crippen molar-refractivity contribution in [2.75, 3.05) is 13.1 Å². The van der Waals surface area contributed by atoms with Gasteiger partial charge < -0.3 is 10.6 Å². The Morgan fingerprint density at radius 1 is 1.25 bits per heavy atom. The molecule has 0 saturated carbocycles. The summed E-state index contributed by atoms with van der Waals surface area (Å²) < 4.78 is 0. The molecular formula is C13H20N2S. The van der Waals surface area contributed by atoms with Gasteiger partial charge in [0.1, 0.15) is 0 Å². The highest BCUT2D eigenvalue weighted by Gasteiger charge is 2.04. The van der Waals surface area contributed by atoms with Gasteiger partial charge in [0.05, 0.1) is 0 Å². The van der Waals surface area contributed by atoms with Crippen molar-refractivity contribution in [1.29, 1.82) is 0 Å². The standard InChI is InChI=1S/C13H20N2S/c1-3-14-13(16)15-10-9-11(2)12-7-5-4-6-8-12/h4-8,11H,3,9-10H2,1-2H3,(H2,14,15,16). The first-order valence-electron chi connectivity index (χ1n) is 5.80. The number of benzene rings is 1. The number of hydrogen-bond acceptors (Lipinski definition) is 1. The summed E-state index contributed by atoms with van der Waals surface area (Å²) in [7, 11) is 0. The van der Waals surface area contributed by atoms with Gasteiger partial charge in [0.2, 0.25) is 0 Å². The minimum absolute atomic E-state index is 0.568. The lowest BCUT2D eigenvalue weighted by Crippen LogP contribution is -2.35. The van der Waals surface area contributed by atoms with Crippen molar-refractivity contribution in [2.45, 2.75) is 26.2 Å². The Labute approximate surface area is 103 Å². The fourth-order valence-electron chi connectivity index (χ4n) is 1.57. The Morgan fingerprint density at radius 2 is 1.94 bits per heavy atom. The molecule has 0 aliphatic rings. The Bertz CT molecular complexity index is 311. The Hall–Kier alpha value is -1.09. The van der Waals surface area contributed by atoms with Crippen LogP contribution in [0.5, 0.6) is 0 Å². The van der Waals surface area contributed by atoms with E-state index < -0.39 is 0 Å². The van der Waals surface area contributed by atoms with Crippen LogP contribution in [0.2, 0.25) is 0 Å². The average molecular weight is 236 g/mol. The molecule has 3 heteroatoms. The van der Waals surface area contributed by atoms with Crippen molar-refractivity contribution >= 4 is 17.3 Å². The topological polar surface area (TPSA) is 24.1 Å². The molecule has 1 rings (SSSR count). The van der Waals surface area contributed by atoms with Crippen LogP contribution in [0.3, 0.4) is 0 Å². The van der Waals surface area contributed by atoms with Gasteiger partial charge in [-0.2, -0.15) is 0 Å². The maximum atomic E-state index is 5.10. The second-order valence-corrected chi connectivity index (χ2v) is 4.29. The van der Waals surface area contributed by atoms with E-state index in [0.717, 1.165) is 24.6 Å². The summed E-state index contributed by atoms with van der Waals surface area (Å²) >= 11 is 5.10. The molecule has 0 radical (unpaired) electrons. The minimum Gasteiger partial charge on any atom is -0.363 e. The lowest BCUT2D eigenvalue weighted by molar-refractivity contribution is 0.657. The largest absolute Gasteiger partial charge is 0.363 e. The van der Waals surface area contributed by atoms with E-state index in [1.54, 1.807) is 0 Å². The predicted molar refractivity (Wildman–Crippen MR) is 73.8 cm³/mol.